The summed E-state index contributed by atoms with van der Waals surface area (Å²) in [5.41, 5.74) is 6.53. The molecule has 7 heteroatoms. The van der Waals surface area contributed by atoms with Crippen LogP contribution in [-0.2, 0) is 4.79 Å². The van der Waals surface area contributed by atoms with Gasteiger partial charge in [0.25, 0.3) is 11.8 Å². The van der Waals surface area contributed by atoms with E-state index < -0.39 is 0 Å². The smallest absolute Gasteiger partial charge is 0.261 e. The predicted molar refractivity (Wildman–Crippen MR) is 139 cm³/mol. The van der Waals surface area contributed by atoms with Crippen LogP contribution < -0.4 is 5.32 Å². The molecule has 0 radical (unpaired) electrons. The number of rotatable bonds is 6. The standard InChI is InChI=1S/C28H25N3O3S/c1-16-13-18(3)22(14-17(16)2)23-15-35-28(29-23)30-24(32)11-6-12-31-26(33)20-9-4-7-19-8-5-10-21(25(19)20)27(31)34/h4-5,7-10,13-15H,6,11-12H2,1-3H3,(H,29,30,32). The minimum atomic E-state index is -0.312. The monoisotopic (exact) mass is 483 g/mol. The van der Waals surface area contributed by atoms with Crippen molar-refractivity contribution in [3.8, 4) is 11.3 Å². The molecular weight excluding hydrogens is 458 g/mol. The van der Waals surface area contributed by atoms with Gasteiger partial charge in [0, 0.05) is 40.4 Å². The van der Waals surface area contributed by atoms with E-state index in [0.717, 1.165) is 22.2 Å². The molecule has 4 aromatic rings. The second kappa shape index (κ2) is 9.07. The normalized spacial score (nSPS) is 12.9. The fourth-order valence-electron chi connectivity index (χ4n) is 4.55. The quantitative estimate of drug-likeness (QED) is 0.346. The number of carbonyl (C=O) groups excluding carboxylic acids is 3. The Morgan fingerprint density at radius 1 is 0.914 bits per heavy atom. The summed E-state index contributed by atoms with van der Waals surface area (Å²) in [6.07, 6.45) is 0.552. The van der Waals surface area contributed by atoms with Gasteiger partial charge < -0.3 is 5.32 Å². The summed E-state index contributed by atoms with van der Waals surface area (Å²) in [6.45, 7) is 6.40. The lowest BCUT2D eigenvalue weighted by atomic mass is 9.94. The van der Waals surface area contributed by atoms with Crippen molar-refractivity contribution in [3.05, 3.63) is 81.7 Å². The third-order valence-electron chi connectivity index (χ3n) is 6.51. The number of thiazole rings is 1. The maximum atomic E-state index is 13.0. The Kier molecular flexibility index (Phi) is 5.94. The molecule has 0 saturated carbocycles. The third-order valence-corrected chi connectivity index (χ3v) is 7.27. The maximum Gasteiger partial charge on any atom is 0.261 e. The zero-order chi connectivity index (χ0) is 24.7. The summed E-state index contributed by atoms with van der Waals surface area (Å²) in [7, 11) is 0. The Labute approximate surface area is 207 Å². The van der Waals surface area contributed by atoms with Crippen molar-refractivity contribution in [2.75, 3.05) is 11.9 Å². The molecule has 1 aliphatic rings. The molecule has 5 rings (SSSR count). The molecular formula is C28H25N3O3S. The lowest BCUT2D eigenvalue weighted by Gasteiger charge is -2.27. The number of aromatic nitrogens is 1. The molecule has 0 saturated heterocycles. The first-order valence-corrected chi connectivity index (χ1v) is 12.4. The Morgan fingerprint density at radius 2 is 1.57 bits per heavy atom. The zero-order valence-corrected chi connectivity index (χ0v) is 20.7. The number of anilines is 1. The first-order chi connectivity index (χ1) is 16.8. The fourth-order valence-corrected chi connectivity index (χ4v) is 5.28. The van der Waals surface area contributed by atoms with E-state index in [2.05, 4.69) is 43.2 Å². The van der Waals surface area contributed by atoms with E-state index in [-0.39, 0.29) is 30.7 Å². The van der Waals surface area contributed by atoms with E-state index in [0.29, 0.717) is 28.1 Å². The summed E-state index contributed by atoms with van der Waals surface area (Å²) >= 11 is 1.38. The summed E-state index contributed by atoms with van der Waals surface area (Å²) in [5, 5.41) is 6.91. The number of amides is 3. The van der Waals surface area contributed by atoms with Gasteiger partial charge in [0.05, 0.1) is 5.69 Å². The van der Waals surface area contributed by atoms with Gasteiger partial charge >= 0.3 is 0 Å². The second-order valence-corrected chi connectivity index (χ2v) is 9.77. The number of imide groups is 1. The van der Waals surface area contributed by atoms with Crippen LogP contribution in [0.25, 0.3) is 22.0 Å². The third kappa shape index (κ3) is 4.23. The van der Waals surface area contributed by atoms with Crippen LogP contribution in [0, 0.1) is 20.8 Å². The molecule has 1 aliphatic heterocycles. The summed E-state index contributed by atoms with van der Waals surface area (Å²) < 4.78 is 0. The van der Waals surface area contributed by atoms with E-state index in [9.17, 15) is 14.4 Å². The Morgan fingerprint density at radius 3 is 2.26 bits per heavy atom. The number of nitrogens with one attached hydrogen (secondary N) is 1. The van der Waals surface area contributed by atoms with Crippen molar-refractivity contribution < 1.29 is 14.4 Å². The topological polar surface area (TPSA) is 79.4 Å². The van der Waals surface area contributed by atoms with Crippen LogP contribution in [0.2, 0.25) is 0 Å². The number of carbonyl (C=O) groups is 3. The van der Waals surface area contributed by atoms with Crippen molar-refractivity contribution in [1.29, 1.82) is 0 Å². The lowest BCUT2D eigenvalue weighted by molar-refractivity contribution is -0.116. The average molecular weight is 484 g/mol. The van der Waals surface area contributed by atoms with Crippen LogP contribution in [0.1, 0.15) is 50.2 Å². The van der Waals surface area contributed by atoms with Crippen LogP contribution in [0.15, 0.2) is 53.9 Å². The molecule has 0 bridgehead atoms. The van der Waals surface area contributed by atoms with Crippen LogP contribution in [0.5, 0.6) is 0 Å². The average Bonchev–Trinajstić information content (AvgIpc) is 3.29. The van der Waals surface area contributed by atoms with Gasteiger partial charge in [0.1, 0.15) is 0 Å². The molecule has 3 aromatic carbocycles. The van der Waals surface area contributed by atoms with Gasteiger partial charge in [-0.3, -0.25) is 19.3 Å². The van der Waals surface area contributed by atoms with Crippen LogP contribution >= 0.6 is 11.3 Å². The van der Waals surface area contributed by atoms with Crippen LogP contribution in [0.3, 0.4) is 0 Å². The van der Waals surface area contributed by atoms with Gasteiger partial charge in [-0.2, -0.15) is 0 Å². The molecule has 1 N–H and O–H groups in total. The largest absolute Gasteiger partial charge is 0.302 e. The van der Waals surface area contributed by atoms with Crippen molar-refractivity contribution in [3.63, 3.8) is 0 Å². The molecule has 0 atom stereocenters. The minimum absolute atomic E-state index is 0.181. The highest BCUT2D eigenvalue weighted by atomic mass is 32.1. The molecule has 6 nitrogen and oxygen atoms in total. The first-order valence-electron chi connectivity index (χ1n) is 11.5. The molecule has 3 amide bonds. The van der Waals surface area contributed by atoms with Gasteiger partial charge in [-0.1, -0.05) is 30.3 Å². The predicted octanol–water partition coefficient (Wildman–Crippen LogP) is 5.90. The lowest BCUT2D eigenvalue weighted by Crippen LogP contribution is -2.41. The van der Waals surface area contributed by atoms with Gasteiger partial charge in [0.2, 0.25) is 5.91 Å². The second-order valence-electron chi connectivity index (χ2n) is 8.91. The van der Waals surface area contributed by atoms with Crippen LogP contribution in [0.4, 0.5) is 5.13 Å². The number of nitrogens with zero attached hydrogens (tertiary/aromatic N) is 2. The van der Waals surface area contributed by atoms with Gasteiger partial charge in [-0.25, -0.2) is 4.98 Å². The summed E-state index contributed by atoms with van der Waals surface area (Å²) in [4.78, 5) is 44.4. The number of benzene rings is 3. The van der Waals surface area contributed by atoms with Gasteiger partial charge in [0.15, 0.2) is 5.13 Å². The molecule has 0 aliphatic carbocycles. The highest BCUT2D eigenvalue weighted by Crippen LogP contribution is 2.31. The first kappa shape index (κ1) is 22.9. The molecule has 0 spiro atoms. The van der Waals surface area contributed by atoms with Gasteiger partial charge in [-0.05, 0) is 67.5 Å². The van der Waals surface area contributed by atoms with Crippen LogP contribution in [-0.4, -0.2) is 34.2 Å². The highest BCUT2D eigenvalue weighted by Gasteiger charge is 2.32. The van der Waals surface area contributed by atoms with E-state index in [1.165, 1.54) is 27.4 Å². The van der Waals surface area contributed by atoms with E-state index in [1.807, 2.05) is 29.6 Å². The molecule has 0 fully saturated rings. The van der Waals surface area contributed by atoms with Crippen molar-refractivity contribution in [2.24, 2.45) is 0 Å². The number of aryl methyl sites for hydroxylation is 3. The van der Waals surface area contributed by atoms with E-state index >= 15 is 0 Å². The molecule has 35 heavy (non-hydrogen) atoms. The maximum absolute atomic E-state index is 13.0. The molecule has 176 valence electrons. The van der Waals surface area contributed by atoms with Crippen molar-refractivity contribution >= 4 is 45.0 Å². The van der Waals surface area contributed by atoms with Crippen molar-refractivity contribution in [1.82, 2.24) is 9.88 Å². The Bertz CT molecular complexity index is 1450. The fraction of sp³-hybridized carbons (Fsp3) is 0.214. The Balaban J connectivity index is 1.22. The Hall–Kier alpha value is -3.84. The van der Waals surface area contributed by atoms with Crippen molar-refractivity contribution in [2.45, 2.75) is 33.6 Å². The SMILES string of the molecule is Cc1cc(C)c(-c2csc(NC(=O)CCCN3C(=O)c4cccc5cccc(c45)C3=O)n2)cc1C. The zero-order valence-electron chi connectivity index (χ0n) is 19.8. The van der Waals surface area contributed by atoms with Gasteiger partial charge in [-0.15, -0.1) is 11.3 Å². The summed E-state index contributed by atoms with van der Waals surface area (Å²) in [6, 6.07) is 15.2. The van der Waals surface area contributed by atoms with E-state index in [4.69, 9.17) is 0 Å². The molecule has 1 aromatic heterocycles. The number of hydrogen-bond acceptors (Lipinski definition) is 5. The molecule has 0 unspecified atom stereocenters. The number of hydrogen-bond donors (Lipinski definition) is 1. The highest BCUT2D eigenvalue weighted by molar-refractivity contribution is 7.14. The minimum Gasteiger partial charge on any atom is -0.302 e. The van der Waals surface area contributed by atoms with E-state index in [1.54, 1.807) is 12.1 Å². The summed E-state index contributed by atoms with van der Waals surface area (Å²) in [5.74, 6) is -0.816. The molecule has 2 heterocycles.